The molecule has 7 heteroatoms. The monoisotopic (exact) mass is 374 g/mol. The van der Waals surface area contributed by atoms with Crippen LogP contribution in [0.4, 0.5) is 10.5 Å². The quantitative estimate of drug-likeness (QED) is 0.877. The van der Waals surface area contributed by atoms with Crippen LogP contribution in [-0.4, -0.2) is 26.0 Å². The summed E-state index contributed by atoms with van der Waals surface area (Å²) in [7, 11) is 3.14. The fourth-order valence-electron chi connectivity index (χ4n) is 3.68. The Labute approximate surface area is 156 Å². The van der Waals surface area contributed by atoms with Crippen LogP contribution in [0.15, 0.2) is 36.4 Å². The number of hydrogen-bond acceptors (Lipinski definition) is 4. The molecular weight excluding hydrogens is 356 g/mol. The fraction of sp³-hybridized carbons (Fsp3) is 0.316. The van der Waals surface area contributed by atoms with Gasteiger partial charge in [-0.3, -0.25) is 4.90 Å². The fourth-order valence-corrected chi connectivity index (χ4v) is 3.86. The van der Waals surface area contributed by atoms with Gasteiger partial charge in [-0.2, -0.15) is 0 Å². The molecule has 4 rings (SSSR count). The lowest BCUT2D eigenvalue weighted by Gasteiger charge is -2.50. The largest absolute Gasteiger partial charge is 0.497 e. The summed E-state index contributed by atoms with van der Waals surface area (Å²) >= 11 is 6.11. The van der Waals surface area contributed by atoms with Gasteiger partial charge in [0.25, 0.3) is 0 Å². The second-order valence-electron chi connectivity index (χ2n) is 6.54. The normalized spacial score (nSPS) is 23.6. The SMILES string of the molecule is COc1ccc(N2C(=O)N[C@@H]3C[C@@]2(C)Oc2ccc(Cl)cc23)c(OC)c1. The molecule has 2 bridgehead atoms. The smallest absolute Gasteiger partial charge is 0.325 e. The van der Waals surface area contributed by atoms with Gasteiger partial charge in [0.2, 0.25) is 0 Å². The van der Waals surface area contributed by atoms with Crippen molar-refractivity contribution in [1.82, 2.24) is 5.32 Å². The molecule has 2 atom stereocenters. The van der Waals surface area contributed by atoms with Gasteiger partial charge in [-0.05, 0) is 37.3 Å². The van der Waals surface area contributed by atoms with Crippen molar-refractivity contribution in [2.45, 2.75) is 25.1 Å². The lowest BCUT2D eigenvalue weighted by atomic mass is 9.90. The molecule has 0 radical (unpaired) electrons. The van der Waals surface area contributed by atoms with Crippen LogP contribution in [-0.2, 0) is 0 Å². The van der Waals surface area contributed by atoms with Gasteiger partial charge in [0.15, 0.2) is 5.72 Å². The first-order valence-corrected chi connectivity index (χ1v) is 8.64. The minimum absolute atomic E-state index is 0.157. The number of benzene rings is 2. The molecule has 2 aromatic rings. The maximum absolute atomic E-state index is 12.9. The summed E-state index contributed by atoms with van der Waals surface area (Å²) in [6.45, 7) is 1.90. The first kappa shape index (κ1) is 16.8. The van der Waals surface area contributed by atoms with E-state index in [2.05, 4.69) is 5.32 Å². The van der Waals surface area contributed by atoms with E-state index in [1.165, 1.54) is 0 Å². The Balaban J connectivity index is 1.80. The number of rotatable bonds is 3. The highest BCUT2D eigenvalue weighted by Crippen LogP contribution is 2.48. The Hall–Kier alpha value is -2.60. The molecule has 2 aliphatic rings. The van der Waals surface area contributed by atoms with Gasteiger partial charge >= 0.3 is 6.03 Å². The van der Waals surface area contributed by atoms with Crippen LogP contribution in [0.25, 0.3) is 0 Å². The number of carbonyl (C=O) groups excluding carboxylic acids is 1. The highest BCUT2D eigenvalue weighted by atomic mass is 35.5. The molecule has 0 saturated carbocycles. The second kappa shape index (κ2) is 5.99. The third-order valence-electron chi connectivity index (χ3n) is 4.86. The maximum atomic E-state index is 12.9. The highest BCUT2D eigenvalue weighted by Gasteiger charge is 2.50. The number of nitrogens with zero attached hydrogens (tertiary/aromatic N) is 1. The van der Waals surface area contributed by atoms with Crippen LogP contribution in [0.5, 0.6) is 17.2 Å². The summed E-state index contributed by atoms with van der Waals surface area (Å²) in [4.78, 5) is 14.5. The maximum Gasteiger partial charge on any atom is 0.325 e. The molecule has 1 saturated heterocycles. The molecule has 2 amide bonds. The van der Waals surface area contributed by atoms with Crippen molar-refractivity contribution in [2.75, 3.05) is 19.1 Å². The number of halogens is 1. The summed E-state index contributed by atoms with van der Waals surface area (Å²) in [5.41, 5.74) is 0.657. The topological polar surface area (TPSA) is 60.0 Å². The zero-order valence-corrected chi connectivity index (χ0v) is 15.5. The summed E-state index contributed by atoms with van der Waals surface area (Å²) in [5.74, 6) is 1.89. The van der Waals surface area contributed by atoms with Gasteiger partial charge in [0.1, 0.15) is 17.2 Å². The van der Waals surface area contributed by atoms with E-state index in [0.717, 1.165) is 5.56 Å². The Bertz CT molecular complexity index is 888. The zero-order chi connectivity index (χ0) is 18.5. The van der Waals surface area contributed by atoms with Crippen molar-refractivity contribution in [3.8, 4) is 17.2 Å². The first-order chi connectivity index (χ1) is 12.4. The predicted molar refractivity (Wildman–Crippen MR) is 98.4 cm³/mol. The van der Waals surface area contributed by atoms with E-state index >= 15 is 0 Å². The molecule has 136 valence electrons. The van der Waals surface area contributed by atoms with Crippen molar-refractivity contribution >= 4 is 23.3 Å². The van der Waals surface area contributed by atoms with E-state index in [0.29, 0.717) is 34.4 Å². The van der Waals surface area contributed by atoms with E-state index in [4.69, 9.17) is 25.8 Å². The molecule has 2 aromatic carbocycles. The molecule has 0 aromatic heterocycles. The number of hydrogen-bond donors (Lipinski definition) is 1. The summed E-state index contributed by atoms with van der Waals surface area (Å²) < 4.78 is 17.0. The van der Waals surface area contributed by atoms with Crippen molar-refractivity contribution in [2.24, 2.45) is 0 Å². The third kappa shape index (κ3) is 2.52. The van der Waals surface area contributed by atoms with Gasteiger partial charge in [0, 0.05) is 23.1 Å². The number of fused-ring (bicyclic) bond motifs is 4. The molecule has 26 heavy (non-hydrogen) atoms. The van der Waals surface area contributed by atoms with Gasteiger partial charge in [-0.15, -0.1) is 0 Å². The Kier molecular flexibility index (Phi) is 3.88. The minimum atomic E-state index is -0.851. The standard InChI is InChI=1S/C19H19ClN2O4/c1-19-10-14(13-8-11(20)4-7-16(13)26-19)21-18(23)22(19)15-6-5-12(24-2)9-17(15)25-3/h4-9,14H,10H2,1-3H3,(H,21,23)/t14-,19-/m1/s1. The predicted octanol–water partition coefficient (Wildman–Crippen LogP) is 4.13. The number of methoxy groups -OCH3 is 2. The molecule has 2 aliphatic heterocycles. The minimum Gasteiger partial charge on any atom is -0.497 e. The average molecular weight is 375 g/mol. The van der Waals surface area contributed by atoms with Gasteiger partial charge in [-0.1, -0.05) is 11.6 Å². The lowest BCUT2D eigenvalue weighted by molar-refractivity contribution is 0.0375. The molecule has 2 heterocycles. The van der Waals surface area contributed by atoms with Crippen LogP contribution in [0.3, 0.4) is 0 Å². The Morgan fingerprint density at radius 3 is 2.77 bits per heavy atom. The summed E-state index contributed by atoms with van der Waals surface area (Å²) in [6, 6.07) is 10.4. The first-order valence-electron chi connectivity index (χ1n) is 8.26. The zero-order valence-electron chi connectivity index (χ0n) is 14.7. The van der Waals surface area contributed by atoms with Gasteiger partial charge < -0.3 is 19.5 Å². The van der Waals surface area contributed by atoms with Crippen LogP contribution < -0.4 is 24.4 Å². The molecule has 6 nitrogen and oxygen atoms in total. The van der Waals surface area contributed by atoms with E-state index in [1.54, 1.807) is 43.4 Å². The van der Waals surface area contributed by atoms with E-state index in [-0.39, 0.29) is 12.1 Å². The van der Waals surface area contributed by atoms with E-state index in [1.807, 2.05) is 19.1 Å². The van der Waals surface area contributed by atoms with Crippen molar-refractivity contribution in [3.63, 3.8) is 0 Å². The molecule has 0 unspecified atom stereocenters. The van der Waals surface area contributed by atoms with Gasteiger partial charge in [0.05, 0.1) is 25.9 Å². The molecule has 0 aliphatic carbocycles. The van der Waals surface area contributed by atoms with Crippen LogP contribution in [0, 0.1) is 0 Å². The Morgan fingerprint density at radius 1 is 1.23 bits per heavy atom. The number of urea groups is 1. The highest BCUT2D eigenvalue weighted by molar-refractivity contribution is 6.30. The van der Waals surface area contributed by atoms with E-state index in [9.17, 15) is 4.79 Å². The van der Waals surface area contributed by atoms with Gasteiger partial charge in [-0.25, -0.2) is 4.79 Å². The van der Waals surface area contributed by atoms with Crippen molar-refractivity contribution in [3.05, 3.63) is 47.0 Å². The van der Waals surface area contributed by atoms with Crippen molar-refractivity contribution < 1.29 is 19.0 Å². The molecule has 1 fully saturated rings. The van der Waals surface area contributed by atoms with Crippen LogP contribution in [0.1, 0.15) is 24.9 Å². The number of carbonyl (C=O) groups is 1. The number of amides is 2. The molecular formula is C19H19ClN2O4. The second-order valence-corrected chi connectivity index (χ2v) is 6.98. The lowest BCUT2D eigenvalue weighted by Crippen LogP contribution is -2.65. The summed E-state index contributed by atoms with van der Waals surface area (Å²) in [5, 5.41) is 3.66. The van der Waals surface area contributed by atoms with Crippen LogP contribution >= 0.6 is 11.6 Å². The summed E-state index contributed by atoms with van der Waals surface area (Å²) in [6.07, 6.45) is 0.585. The average Bonchev–Trinajstić information content (AvgIpc) is 2.62. The molecule has 1 N–H and O–H groups in total. The number of ether oxygens (including phenoxy) is 3. The van der Waals surface area contributed by atoms with Crippen molar-refractivity contribution in [1.29, 1.82) is 0 Å². The molecule has 0 spiro atoms. The number of anilines is 1. The van der Waals surface area contributed by atoms with Crippen LogP contribution in [0.2, 0.25) is 5.02 Å². The Morgan fingerprint density at radius 2 is 2.04 bits per heavy atom. The van der Waals surface area contributed by atoms with E-state index < -0.39 is 5.72 Å². The third-order valence-corrected chi connectivity index (χ3v) is 5.10. The number of nitrogens with one attached hydrogen (secondary N) is 1.